The van der Waals surface area contributed by atoms with Crippen LogP contribution in [0.2, 0.25) is 0 Å². The molecule has 1 aromatic carbocycles. The fourth-order valence-electron chi connectivity index (χ4n) is 2.54. The van der Waals surface area contributed by atoms with Crippen molar-refractivity contribution in [2.45, 2.75) is 33.6 Å². The summed E-state index contributed by atoms with van der Waals surface area (Å²) in [6, 6.07) is 5.87. The molecular weight excluding hydrogens is 370 g/mol. The summed E-state index contributed by atoms with van der Waals surface area (Å²) in [6.07, 6.45) is -0.130. The number of nitro groups is 1. The topological polar surface area (TPSA) is 104 Å². The molecule has 1 heterocycles. The van der Waals surface area contributed by atoms with Gasteiger partial charge in [-0.3, -0.25) is 24.5 Å². The van der Waals surface area contributed by atoms with E-state index in [0.717, 1.165) is 15.8 Å². The molecule has 0 aliphatic rings. The molecule has 0 saturated carbocycles. The summed E-state index contributed by atoms with van der Waals surface area (Å²) in [5, 5.41) is 10.9. The summed E-state index contributed by atoms with van der Waals surface area (Å²) in [6.45, 7) is 4.80. The smallest absolute Gasteiger partial charge is 0.306 e. The molecule has 142 valence electrons. The molecule has 0 unspecified atom stereocenters. The van der Waals surface area contributed by atoms with Gasteiger partial charge in [-0.05, 0) is 26.8 Å². The van der Waals surface area contributed by atoms with E-state index in [-0.39, 0.29) is 29.9 Å². The molecule has 0 bridgehead atoms. The van der Waals surface area contributed by atoms with E-state index in [4.69, 9.17) is 4.74 Å². The van der Waals surface area contributed by atoms with Crippen molar-refractivity contribution in [3.05, 3.63) is 60.8 Å². The number of aryl methyl sites for hydroxylation is 3. The highest BCUT2D eigenvalue weighted by Crippen LogP contribution is 2.22. The number of hydrogen-bond acceptors (Lipinski definition) is 7. The number of carbonyl (C=O) groups excluding carboxylic acids is 3. The Hall–Kier alpha value is -2.87. The number of nitrogens with zero attached hydrogens (tertiary/aromatic N) is 1. The van der Waals surface area contributed by atoms with Crippen LogP contribution in [0.15, 0.2) is 24.3 Å². The molecule has 2 rings (SSSR count). The lowest BCUT2D eigenvalue weighted by atomic mass is 10.1. The van der Waals surface area contributed by atoms with Gasteiger partial charge in [0.05, 0.1) is 11.3 Å². The molecule has 27 heavy (non-hydrogen) atoms. The first kappa shape index (κ1) is 20.4. The summed E-state index contributed by atoms with van der Waals surface area (Å²) in [4.78, 5) is 48.3. The summed E-state index contributed by atoms with van der Waals surface area (Å²) in [5.41, 5.74) is 0.971. The third-order valence-electron chi connectivity index (χ3n) is 3.99. The zero-order valence-electron chi connectivity index (χ0n) is 15.2. The summed E-state index contributed by atoms with van der Waals surface area (Å²) < 4.78 is 4.90. The van der Waals surface area contributed by atoms with Crippen LogP contribution in [0.5, 0.6) is 0 Å². The van der Waals surface area contributed by atoms with Gasteiger partial charge in [0.25, 0.3) is 5.69 Å². The van der Waals surface area contributed by atoms with Gasteiger partial charge in [0.2, 0.25) is 5.78 Å². The predicted molar refractivity (Wildman–Crippen MR) is 100 cm³/mol. The van der Waals surface area contributed by atoms with Crippen LogP contribution >= 0.6 is 11.3 Å². The minimum atomic E-state index is -0.664. The highest BCUT2D eigenvalue weighted by Gasteiger charge is 2.18. The number of benzene rings is 1. The number of rotatable bonds is 8. The monoisotopic (exact) mass is 389 g/mol. The second-order valence-electron chi connectivity index (χ2n) is 6.09. The van der Waals surface area contributed by atoms with Crippen molar-refractivity contribution in [1.82, 2.24) is 0 Å². The second kappa shape index (κ2) is 8.68. The Morgan fingerprint density at radius 2 is 1.78 bits per heavy atom. The van der Waals surface area contributed by atoms with Crippen LogP contribution < -0.4 is 0 Å². The lowest BCUT2D eigenvalue weighted by Crippen LogP contribution is -2.15. The van der Waals surface area contributed by atoms with Crippen LogP contribution in [0.4, 0.5) is 5.69 Å². The first-order valence-electron chi connectivity index (χ1n) is 8.23. The first-order valence-corrected chi connectivity index (χ1v) is 9.04. The summed E-state index contributed by atoms with van der Waals surface area (Å²) in [7, 11) is 0. The maximum Gasteiger partial charge on any atom is 0.306 e. The van der Waals surface area contributed by atoms with Gasteiger partial charge in [0.1, 0.15) is 0 Å². The molecule has 8 heteroatoms. The van der Waals surface area contributed by atoms with Crippen molar-refractivity contribution in [3.63, 3.8) is 0 Å². The van der Waals surface area contributed by atoms with Crippen LogP contribution in [0.25, 0.3) is 0 Å². The van der Waals surface area contributed by atoms with Crippen LogP contribution in [0.1, 0.15) is 48.9 Å². The Kier molecular flexibility index (Phi) is 6.57. The number of Topliss-reactive ketones (excluding diaryl/α,β-unsaturated/α-hetero) is 2. The first-order chi connectivity index (χ1) is 12.7. The Balaban J connectivity index is 1.87. The van der Waals surface area contributed by atoms with Crippen LogP contribution in [-0.4, -0.2) is 29.1 Å². The Labute approximate surface area is 160 Å². The summed E-state index contributed by atoms with van der Waals surface area (Å²) in [5.74, 6) is -1.35. The van der Waals surface area contributed by atoms with E-state index in [9.17, 15) is 24.5 Å². The van der Waals surface area contributed by atoms with E-state index >= 15 is 0 Å². The van der Waals surface area contributed by atoms with Crippen LogP contribution in [0.3, 0.4) is 0 Å². The number of hydrogen-bond donors (Lipinski definition) is 0. The number of carbonyl (C=O) groups is 3. The molecule has 1 aromatic heterocycles. The van der Waals surface area contributed by atoms with E-state index in [0.29, 0.717) is 11.1 Å². The largest absolute Gasteiger partial charge is 0.457 e. The van der Waals surface area contributed by atoms with Crippen molar-refractivity contribution in [2.75, 3.05) is 6.61 Å². The molecule has 7 nitrogen and oxygen atoms in total. The van der Waals surface area contributed by atoms with Gasteiger partial charge < -0.3 is 4.74 Å². The molecule has 0 aliphatic heterocycles. The Morgan fingerprint density at radius 1 is 1.07 bits per heavy atom. The highest BCUT2D eigenvalue weighted by atomic mass is 32.1. The van der Waals surface area contributed by atoms with Gasteiger partial charge in [0.15, 0.2) is 12.4 Å². The number of esters is 1. The highest BCUT2D eigenvalue weighted by molar-refractivity contribution is 7.12. The molecule has 2 aromatic rings. The molecule has 0 amide bonds. The molecule has 0 N–H and O–H groups in total. The lowest BCUT2D eigenvalue weighted by molar-refractivity contribution is -0.385. The zero-order valence-corrected chi connectivity index (χ0v) is 16.1. The van der Waals surface area contributed by atoms with Crippen molar-refractivity contribution < 1.29 is 24.0 Å². The molecule has 0 atom stereocenters. The standard InChI is InChI=1S/C19H19NO6S/c1-11-4-5-14(9-16(11)20(24)25)18(22)10-26-19(23)7-6-17(21)15-8-12(2)27-13(15)3/h4-5,8-9H,6-7,10H2,1-3H3. The third-order valence-corrected chi connectivity index (χ3v) is 4.96. The van der Waals surface area contributed by atoms with Crippen molar-refractivity contribution in [3.8, 4) is 0 Å². The maximum atomic E-state index is 12.1. The number of thiophene rings is 1. The average Bonchev–Trinajstić information content (AvgIpc) is 2.96. The average molecular weight is 389 g/mol. The van der Waals surface area contributed by atoms with Crippen LogP contribution in [-0.2, 0) is 9.53 Å². The lowest BCUT2D eigenvalue weighted by Gasteiger charge is -2.05. The van der Waals surface area contributed by atoms with Crippen molar-refractivity contribution in [1.29, 1.82) is 0 Å². The van der Waals surface area contributed by atoms with E-state index < -0.39 is 23.3 Å². The Bertz CT molecular complexity index is 915. The molecular formula is C19H19NO6S. The fraction of sp³-hybridized carbons (Fsp3) is 0.316. The van der Waals surface area contributed by atoms with E-state index in [1.54, 1.807) is 13.0 Å². The maximum absolute atomic E-state index is 12.1. The summed E-state index contributed by atoms with van der Waals surface area (Å²) >= 11 is 1.52. The fourth-order valence-corrected chi connectivity index (χ4v) is 3.48. The van der Waals surface area contributed by atoms with Gasteiger partial charge in [-0.25, -0.2) is 0 Å². The van der Waals surface area contributed by atoms with Gasteiger partial charge in [-0.1, -0.05) is 12.1 Å². The van der Waals surface area contributed by atoms with E-state index in [1.165, 1.54) is 23.5 Å². The predicted octanol–water partition coefficient (Wildman–Crippen LogP) is 3.97. The number of ketones is 2. The Morgan fingerprint density at radius 3 is 2.37 bits per heavy atom. The minimum Gasteiger partial charge on any atom is -0.457 e. The number of ether oxygens (including phenoxy) is 1. The SMILES string of the molecule is Cc1cc(C(=O)CCC(=O)OCC(=O)c2ccc(C)c([N+](=O)[O-])c2)c(C)s1. The van der Waals surface area contributed by atoms with Gasteiger partial charge >= 0.3 is 5.97 Å². The molecule has 0 saturated heterocycles. The molecule has 0 spiro atoms. The van der Waals surface area contributed by atoms with Gasteiger partial charge in [-0.15, -0.1) is 11.3 Å². The molecule has 0 aliphatic carbocycles. The quantitative estimate of drug-likeness (QED) is 0.293. The van der Waals surface area contributed by atoms with Gasteiger partial charge in [-0.2, -0.15) is 0 Å². The van der Waals surface area contributed by atoms with Crippen molar-refractivity contribution in [2.24, 2.45) is 0 Å². The van der Waals surface area contributed by atoms with E-state index in [1.807, 2.05) is 13.8 Å². The zero-order chi connectivity index (χ0) is 20.1. The van der Waals surface area contributed by atoms with Gasteiger partial charge in [0, 0.05) is 38.9 Å². The third kappa shape index (κ3) is 5.30. The molecule has 0 fully saturated rings. The van der Waals surface area contributed by atoms with Crippen LogP contribution in [0, 0.1) is 30.9 Å². The molecule has 0 radical (unpaired) electrons. The second-order valence-corrected chi connectivity index (χ2v) is 7.55. The van der Waals surface area contributed by atoms with Crippen molar-refractivity contribution >= 4 is 34.6 Å². The number of nitro benzene ring substituents is 1. The normalized spacial score (nSPS) is 10.5. The minimum absolute atomic E-state index is 0.0000403. The van der Waals surface area contributed by atoms with E-state index in [2.05, 4.69) is 0 Å².